The van der Waals surface area contributed by atoms with Crippen molar-refractivity contribution in [1.82, 2.24) is 14.9 Å². The highest BCUT2D eigenvalue weighted by atomic mass is 35.5. The Hall–Kier alpha value is -3.34. The van der Waals surface area contributed by atoms with E-state index in [2.05, 4.69) is 37.7 Å². The predicted octanol–water partition coefficient (Wildman–Crippen LogP) is 4.33. The van der Waals surface area contributed by atoms with Crippen molar-refractivity contribution in [3.63, 3.8) is 0 Å². The van der Waals surface area contributed by atoms with Crippen molar-refractivity contribution in [2.45, 2.75) is 11.3 Å². The van der Waals surface area contributed by atoms with Gasteiger partial charge < -0.3 is 10.6 Å². The van der Waals surface area contributed by atoms with Gasteiger partial charge in [0, 0.05) is 43.0 Å². The van der Waals surface area contributed by atoms with Crippen molar-refractivity contribution in [2.75, 3.05) is 36.5 Å². The maximum Gasteiger partial charge on any atom is 0.248 e. The summed E-state index contributed by atoms with van der Waals surface area (Å²) in [6.07, 6.45) is 10.6. The van der Waals surface area contributed by atoms with Gasteiger partial charge in [0.05, 0.1) is 21.1 Å². The Morgan fingerprint density at radius 1 is 1.23 bits per heavy atom. The molecule has 0 unspecified atom stereocenters. The van der Waals surface area contributed by atoms with Crippen LogP contribution in [0.5, 0.6) is 0 Å². The molecule has 4 rings (SSSR count). The van der Waals surface area contributed by atoms with Crippen LogP contribution in [0.4, 0.5) is 21.6 Å². The number of sulfone groups is 1. The highest BCUT2D eigenvalue weighted by Gasteiger charge is 2.18. The number of nitrogens with one attached hydrogen (secondary N) is 2. The number of amides is 1. The molecule has 2 N–H and O–H groups in total. The summed E-state index contributed by atoms with van der Waals surface area (Å²) < 4.78 is 38.4. The number of carbonyl (C=O) groups excluding carboxylic acids is 1. The summed E-state index contributed by atoms with van der Waals surface area (Å²) in [7, 11) is -3.68. The van der Waals surface area contributed by atoms with Crippen molar-refractivity contribution in [2.24, 2.45) is 0 Å². The molecular weight excluding hydrogens is 493 g/mol. The van der Waals surface area contributed by atoms with Crippen LogP contribution in [0, 0.1) is 5.82 Å². The normalized spacial score (nSPS) is 14.5. The van der Waals surface area contributed by atoms with E-state index >= 15 is 0 Å². The fraction of sp³-hybridized carbons (Fsp3) is 0.208. The topological polar surface area (TPSA) is 104 Å². The first-order valence-electron chi connectivity index (χ1n) is 10.8. The Kier molecular flexibility index (Phi) is 7.44. The standard InChI is InChI=1S/C24H23ClFN5O3S/c1-35(33,34)22-14-20-17(24(28-15-27-20)29-16-7-8-19(26)18(25)12-16)13-21(22)30-23(32)6-5-11-31-9-3-2-4-10-31/h2-3,5-8,12-15H,4,9-11H2,1H3,(H,30,32)(H,27,28,29). The molecule has 35 heavy (non-hydrogen) atoms. The summed E-state index contributed by atoms with van der Waals surface area (Å²) in [6, 6.07) is 7.00. The van der Waals surface area contributed by atoms with Crippen molar-refractivity contribution in [3.8, 4) is 0 Å². The van der Waals surface area contributed by atoms with Crippen LogP contribution in [0.3, 0.4) is 0 Å². The quantitative estimate of drug-likeness (QED) is 0.356. The lowest BCUT2D eigenvalue weighted by Crippen LogP contribution is -2.27. The fourth-order valence-electron chi connectivity index (χ4n) is 3.64. The molecule has 2 aromatic carbocycles. The van der Waals surface area contributed by atoms with E-state index in [1.165, 1.54) is 42.7 Å². The van der Waals surface area contributed by atoms with Crippen molar-refractivity contribution in [3.05, 3.63) is 71.8 Å². The van der Waals surface area contributed by atoms with E-state index < -0.39 is 21.6 Å². The maximum atomic E-state index is 13.5. The zero-order valence-corrected chi connectivity index (χ0v) is 20.4. The highest BCUT2D eigenvalue weighted by molar-refractivity contribution is 7.90. The Labute approximate surface area is 207 Å². The van der Waals surface area contributed by atoms with Crippen LogP contribution in [0.1, 0.15) is 6.42 Å². The number of aromatic nitrogens is 2. The fourth-order valence-corrected chi connectivity index (χ4v) is 4.65. The largest absolute Gasteiger partial charge is 0.340 e. The van der Waals surface area contributed by atoms with Crippen LogP contribution < -0.4 is 10.6 Å². The second-order valence-corrected chi connectivity index (χ2v) is 10.4. The number of anilines is 3. The molecule has 11 heteroatoms. The van der Waals surface area contributed by atoms with Crippen LogP contribution in [-0.2, 0) is 14.6 Å². The monoisotopic (exact) mass is 515 g/mol. The first-order chi connectivity index (χ1) is 16.7. The van der Waals surface area contributed by atoms with Gasteiger partial charge in [-0.15, -0.1) is 0 Å². The molecule has 0 aliphatic carbocycles. The number of halogens is 2. The lowest BCUT2D eigenvalue weighted by atomic mass is 10.2. The Morgan fingerprint density at radius 3 is 2.77 bits per heavy atom. The van der Waals surface area contributed by atoms with Gasteiger partial charge in [-0.3, -0.25) is 9.69 Å². The minimum atomic E-state index is -3.68. The summed E-state index contributed by atoms with van der Waals surface area (Å²) >= 11 is 5.87. The molecule has 0 saturated carbocycles. The molecule has 1 amide bonds. The van der Waals surface area contributed by atoms with E-state index in [0.29, 0.717) is 29.0 Å². The zero-order valence-electron chi connectivity index (χ0n) is 18.8. The van der Waals surface area contributed by atoms with Crippen LogP contribution in [-0.4, -0.2) is 55.1 Å². The number of carbonyl (C=O) groups is 1. The number of benzene rings is 2. The van der Waals surface area contributed by atoms with Crippen molar-refractivity contribution in [1.29, 1.82) is 0 Å². The molecule has 0 spiro atoms. The van der Waals surface area contributed by atoms with Gasteiger partial charge in [-0.1, -0.05) is 29.8 Å². The van der Waals surface area contributed by atoms with Crippen LogP contribution in [0.15, 0.2) is 65.9 Å². The van der Waals surface area contributed by atoms with Crippen LogP contribution >= 0.6 is 11.6 Å². The smallest absolute Gasteiger partial charge is 0.248 e. The number of nitrogens with zero attached hydrogens (tertiary/aromatic N) is 3. The zero-order chi connectivity index (χ0) is 25.0. The van der Waals surface area contributed by atoms with Gasteiger partial charge in [-0.25, -0.2) is 22.8 Å². The lowest BCUT2D eigenvalue weighted by Gasteiger charge is -2.20. The van der Waals surface area contributed by atoms with Crippen LogP contribution in [0.25, 0.3) is 10.9 Å². The molecule has 0 radical (unpaired) electrons. The van der Waals surface area contributed by atoms with Gasteiger partial charge in [0.1, 0.15) is 18.0 Å². The molecule has 0 bridgehead atoms. The third-order valence-corrected chi connectivity index (χ3v) is 6.78. The minimum Gasteiger partial charge on any atom is -0.340 e. The molecule has 0 saturated heterocycles. The number of fused-ring (bicyclic) bond motifs is 1. The molecule has 1 aliphatic heterocycles. The van der Waals surface area contributed by atoms with Gasteiger partial charge in [-0.2, -0.15) is 0 Å². The number of rotatable bonds is 7. The van der Waals surface area contributed by atoms with E-state index in [0.717, 1.165) is 25.8 Å². The lowest BCUT2D eigenvalue weighted by molar-refractivity contribution is -0.111. The molecular formula is C24H23ClFN5O3S. The Balaban J connectivity index is 1.64. The van der Waals surface area contributed by atoms with Crippen LogP contribution in [0.2, 0.25) is 5.02 Å². The van der Waals surface area contributed by atoms with Crippen molar-refractivity contribution >= 4 is 55.4 Å². The van der Waals surface area contributed by atoms with E-state index in [4.69, 9.17) is 11.6 Å². The van der Waals surface area contributed by atoms with Crippen molar-refractivity contribution < 1.29 is 17.6 Å². The Bertz CT molecular complexity index is 1440. The van der Waals surface area contributed by atoms with E-state index in [1.807, 2.05) is 0 Å². The summed E-state index contributed by atoms with van der Waals surface area (Å²) in [5, 5.41) is 6.09. The third kappa shape index (κ3) is 6.21. The number of hydrogen-bond donors (Lipinski definition) is 2. The first-order valence-corrected chi connectivity index (χ1v) is 13.0. The SMILES string of the molecule is CS(=O)(=O)c1cc2ncnc(Nc3ccc(F)c(Cl)c3)c2cc1NC(=O)C=CCN1CC=CCC1. The van der Waals surface area contributed by atoms with E-state index in [9.17, 15) is 17.6 Å². The second kappa shape index (κ2) is 10.5. The number of hydrogen-bond acceptors (Lipinski definition) is 7. The third-order valence-electron chi connectivity index (χ3n) is 5.35. The highest BCUT2D eigenvalue weighted by Crippen LogP contribution is 2.32. The molecule has 1 aromatic heterocycles. The van der Waals surface area contributed by atoms with E-state index in [1.54, 1.807) is 6.08 Å². The van der Waals surface area contributed by atoms with Gasteiger partial charge in [0.25, 0.3) is 0 Å². The molecule has 1 aliphatic rings. The van der Waals surface area contributed by atoms with Gasteiger partial charge in [0.15, 0.2) is 9.84 Å². The van der Waals surface area contributed by atoms with Gasteiger partial charge >= 0.3 is 0 Å². The first kappa shape index (κ1) is 24.8. The summed E-state index contributed by atoms with van der Waals surface area (Å²) in [5.41, 5.74) is 0.929. The average molecular weight is 516 g/mol. The Morgan fingerprint density at radius 2 is 2.06 bits per heavy atom. The van der Waals surface area contributed by atoms with E-state index in [-0.39, 0.29) is 15.6 Å². The molecule has 182 valence electrons. The predicted molar refractivity (Wildman–Crippen MR) is 135 cm³/mol. The maximum absolute atomic E-state index is 13.5. The second-order valence-electron chi connectivity index (χ2n) is 8.03. The summed E-state index contributed by atoms with van der Waals surface area (Å²) in [4.78, 5) is 23.1. The molecule has 2 heterocycles. The minimum absolute atomic E-state index is 0.0620. The molecule has 0 fully saturated rings. The van der Waals surface area contributed by atoms with Gasteiger partial charge in [0.2, 0.25) is 5.91 Å². The molecule has 0 atom stereocenters. The molecule has 8 nitrogen and oxygen atoms in total. The average Bonchev–Trinajstić information content (AvgIpc) is 2.81. The summed E-state index contributed by atoms with van der Waals surface area (Å²) in [6.45, 7) is 2.35. The van der Waals surface area contributed by atoms with Gasteiger partial charge in [-0.05, 0) is 36.8 Å². The summed E-state index contributed by atoms with van der Waals surface area (Å²) in [5.74, 6) is -0.683. The molecule has 3 aromatic rings.